The first-order valence-corrected chi connectivity index (χ1v) is 7.76. The third-order valence-corrected chi connectivity index (χ3v) is 4.37. The molecule has 0 spiro atoms. The molecule has 0 fully saturated rings. The number of imidazole rings is 2. The molecule has 3 heterocycles. The van der Waals surface area contributed by atoms with E-state index in [1.165, 1.54) is 12.1 Å². The first-order valence-electron chi connectivity index (χ1n) is 6.97. The fourth-order valence-electron chi connectivity index (χ4n) is 2.49. The lowest BCUT2D eigenvalue weighted by Crippen LogP contribution is -2.02. The predicted molar refractivity (Wildman–Crippen MR) is 87.4 cm³/mol. The highest BCUT2D eigenvalue weighted by molar-refractivity contribution is 9.10. The molecule has 0 atom stereocenters. The number of rotatable bonds is 3. The molecule has 0 saturated carbocycles. The standard InChI is InChI=1S/C16H11BrFN5/c17-14-13(21-16-20-5-2-7-23(14)16)10-22-8-6-19-15(22)11-3-1-4-12(18)9-11/h1-9H,10H2. The zero-order valence-corrected chi connectivity index (χ0v) is 13.5. The van der Waals surface area contributed by atoms with Gasteiger partial charge in [-0.25, -0.2) is 19.3 Å². The Hall–Kier alpha value is -2.54. The summed E-state index contributed by atoms with van der Waals surface area (Å²) in [6, 6.07) is 8.25. The molecular weight excluding hydrogens is 361 g/mol. The molecule has 0 radical (unpaired) electrons. The summed E-state index contributed by atoms with van der Waals surface area (Å²) in [6.07, 6.45) is 7.14. The van der Waals surface area contributed by atoms with E-state index in [0.29, 0.717) is 18.1 Å². The van der Waals surface area contributed by atoms with Crippen molar-refractivity contribution in [1.29, 1.82) is 0 Å². The van der Waals surface area contributed by atoms with E-state index in [4.69, 9.17) is 0 Å². The number of hydrogen-bond acceptors (Lipinski definition) is 3. The fraction of sp³-hybridized carbons (Fsp3) is 0.0625. The summed E-state index contributed by atoms with van der Waals surface area (Å²) in [5, 5.41) is 0. The summed E-state index contributed by atoms with van der Waals surface area (Å²) >= 11 is 3.56. The average Bonchev–Trinajstić information content (AvgIpc) is 3.14. The number of aromatic nitrogens is 5. The quantitative estimate of drug-likeness (QED) is 0.553. The largest absolute Gasteiger partial charge is 0.325 e. The van der Waals surface area contributed by atoms with Gasteiger partial charge in [-0.2, -0.15) is 0 Å². The van der Waals surface area contributed by atoms with Crippen molar-refractivity contribution in [3.05, 3.63) is 71.2 Å². The second-order valence-corrected chi connectivity index (χ2v) is 5.78. The number of halogens is 2. The highest BCUT2D eigenvalue weighted by atomic mass is 79.9. The summed E-state index contributed by atoms with van der Waals surface area (Å²) < 4.78 is 18.1. The zero-order chi connectivity index (χ0) is 15.8. The minimum Gasteiger partial charge on any atom is -0.325 e. The third kappa shape index (κ3) is 2.53. The van der Waals surface area contributed by atoms with E-state index < -0.39 is 0 Å². The van der Waals surface area contributed by atoms with Gasteiger partial charge in [-0.05, 0) is 34.1 Å². The van der Waals surface area contributed by atoms with E-state index in [-0.39, 0.29) is 5.82 Å². The van der Waals surface area contributed by atoms with Crippen LogP contribution in [0.5, 0.6) is 0 Å². The highest BCUT2D eigenvalue weighted by Crippen LogP contribution is 2.23. The normalized spacial score (nSPS) is 11.2. The first kappa shape index (κ1) is 14.1. The molecule has 23 heavy (non-hydrogen) atoms. The van der Waals surface area contributed by atoms with E-state index in [9.17, 15) is 4.39 Å². The molecule has 7 heteroatoms. The lowest BCUT2D eigenvalue weighted by atomic mass is 10.2. The average molecular weight is 372 g/mol. The smallest absolute Gasteiger partial charge is 0.234 e. The van der Waals surface area contributed by atoms with E-state index in [1.54, 1.807) is 18.5 Å². The van der Waals surface area contributed by atoms with Gasteiger partial charge in [0.25, 0.3) is 0 Å². The van der Waals surface area contributed by atoms with Crippen LogP contribution in [0.4, 0.5) is 4.39 Å². The van der Waals surface area contributed by atoms with Crippen LogP contribution in [0.3, 0.4) is 0 Å². The molecule has 0 aliphatic heterocycles. The highest BCUT2D eigenvalue weighted by Gasteiger charge is 2.13. The van der Waals surface area contributed by atoms with Crippen molar-refractivity contribution in [3.8, 4) is 11.4 Å². The molecule has 5 nitrogen and oxygen atoms in total. The molecule has 0 N–H and O–H groups in total. The number of fused-ring (bicyclic) bond motifs is 1. The minimum absolute atomic E-state index is 0.282. The van der Waals surface area contributed by atoms with Crippen molar-refractivity contribution in [3.63, 3.8) is 0 Å². The van der Waals surface area contributed by atoms with E-state index in [1.807, 2.05) is 33.5 Å². The van der Waals surface area contributed by atoms with Gasteiger partial charge < -0.3 is 4.57 Å². The van der Waals surface area contributed by atoms with Crippen LogP contribution in [0.15, 0.2) is 59.7 Å². The number of benzene rings is 1. The molecule has 1 aromatic carbocycles. The topological polar surface area (TPSA) is 48.0 Å². The molecule has 0 bridgehead atoms. The van der Waals surface area contributed by atoms with Crippen LogP contribution < -0.4 is 0 Å². The van der Waals surface area contributed by atoms with Crippen LogP contribution in [-0.2, 0) is 6.54 Å². The minimum atomic E-state index is -0.282. The van der Waals surface area contributed by atoms with Crippen molar-refractivity contribution < 1.29 is 4.39 Å². The van der Waals surface area contributed by atoms with Gasteiger partial charge in [0.15, 0.2) is 0 Å². The maximum atomic E-state index is 13.5. The Balaban J connectivity index is 1.75. The van der Waals surface area contributed by atoms with Crippen LogP contribution in [-0.4, -0.2) is 23.9 Å². The second kappa shape index (κ2) is 5.58. The Kier molecular flexibility index (Phi) is 3.42. The number of nitrogens with zero attached hydrogens (tertiary/aromatic N) is 5. The fourth-order valence-corrected chi connectivity index (χ4v) is 2.98. The lowest BCUT2D eigenvalue weighted by molar-refractivity contribution is 0.628. The second-order valence-electron chi connectivity index (χ2n) is 5.03. The number of hydrogen-bond donors (Lipinski definition) is 0. The predicted octanol–water partition coefficient (Wildman–Crippen LogP) is 3.54. The van der Waals surface area contributed by atoms with Gasteiger partial charge in [0, 0.05) is 30.4 Å². The summed E-state index contributed by atoms with van der Waals surface area (Å²) in [5.74, 6) is 1.04. The zero-order valence-electron chi connectivity index (χ0n) is 11.9. The molecular formula is C16H11BrFN5. The summed E-state index contributed by atoms with van der Waals surface area (Å²) in [5.41, 5.74) is 1.56. The summed E-state index contributed by atoms with van der Waals surface area (Å²) in [6.45, 7) is 0.510. The van der Waals surface area contributed by atoms with Crippen LogP contribution in [0.2, 0.25) is 0 Å². The van der Waals surface area contributed by atoms with Crippen LogP contribution in [0.1, 0.15) is 5.69 Å². The van der Waals surface area contributed by atoms with Gasteiger partial charge in [0.05, 0.1) is 12.2 Å². The van der Waals surface area contributed by atoms with Crippen LogP contribution in [0, 0.1) is 5.82 Å². The summed E-state index contributed by atoms with van der Waals surface area (Å²) in [4.78, 5) is 13.1. The molecule has 0 aliphatic carbocycles. The maximum Gasteiger partial charge on any atom is 0.234 e. The molecule has 4 rings (SSSR count). The molecule has 0 unspecified atom stereocenters. The van der Waals surface area contributed by atoms with Crippen molar-refractivity contribution in [2.45, 2.75) is 6.54 Å². The maximum absolute atomic E-state index is 13.5. The van der Waals surface area contributed by atoms with Gasteiger partial charge in [-0.1, -0.05) is 12.1 Å². The van der Waals surface area contributed by atoms with Gasteiger partial charge in [0.1, 0.15) is 16.2 Å². The Morgan fingerprint density at radius 3 is 2.83 bits per heavy atom. The Bertz CT molecular complexity index is 991. The van der Waals surface area contributed by atoms with Crippen molar-refractivity contribution in [1.82, 2.24) is 23.9 Å². The molecule has 0 amide bonds. The van der Waals surface area contributed by atoms with Gasteiger partial charge in [-0.15, -0.1) is 0 Å². The SMILES string of the molecule is Fc1cccc(-c2nccn2Cc2nc3ncccn3c2Br)c1. The van der Waals surface area contributed by atoms with Crippen molar-refractivity contribution >= 4 is 21.7 Å². The van der Waals surface area contributed by atoms with E-state index in [0.717, 1.165) is 15.9 Å². The molecule has 0 saturated heterocycles. The molecule has 0 aliphatic rings. The third-order valence-electron chi connectivity index (χ3n) is 3.53. The van der Waals surface area contributed by atoms with Gasteiger partial charge in [-0.3, -0.25) is 4.40 Å². The molecule has 4 aromatic rings. The monoisotopic (exact) mass is 371 g/mol. The van der Waals surface area contributed by atoms with Gasteiger partial charge in [0.2, 0.25) is 5.78 Å². The van der Waals surface area contributed by atoms with Crippen LogP contribution >= 0.6 is 15.9 Å². The molecule has 3 aromatic heterocycles. The van der Waals surface area contributed by atoms with Crippen LogP contribution in [0.25, 0.3) is 17.2 Å². The Morgan fingerprint density at radius 2 is 2.00 bits per heavy atom. The van der Waals surface area contributed by atoms with Crippen molar-refractivity contribution in [2.75, 3.05) is 0 Å². The van der Waals surface area contributed by atoms with E-state index >= 15 is 0 Å². The van der Waals surface area contributed by atoms with Crippen molar-refractivity contribution in [2.24, 2.45) is 0 Å². The summed E-state index contributed by atoms with van der Waals surface area (Å²) in [7, 11) is 0. The molecule has 114 valence electrons. The Morgan fingerprint density at radius 1 is 1.09 bits per heavy atom. The lowest BCUT2D eigenvalue weighted by Gasteiger charge is -2.07. The Labute approximate surface area is 139 Å². The van der Waals surface area contributed by atoms with Gasteiger partial charge >= 0.3 is 0 Å². The van der Waals surface area contributed by atoms with E-state index in [2.05, 4.69) is 30.9 Å². The first-order chi connectivity index (χ1) is 11.2.